The third-order valence-corrected chi connectivity index (χ3v) is 3.63. The van der Waals surface area contributed by atoms with Gasteiger partial charge in [0.15, 0.2) is 0 Å². The van der Waals surface area contributed by atoms with E-state index in [0.717, 1.165) is 10.9 Å². The summed E-state index contributed by atoms with van der Waals surface area (Å²) in [5.41, 5.74) is 2.77. The number of thiophene rings is 1. The van der Waals surface area contributed by atoms with E-state index in [-0.39, 0.29) is 0 Å². The first-order chi connectivity index (χ1) is 6.75. The first-order valence-corrected chi connectivity index (χ1v) is 6.20. The van der Waals surface area contributed by atoms with E-state index in [2.05, 4.69) is 58.6 Å². The van der Waals surface area contributed by atoms with Gasteiger partial charge >= 0.3 is 0 Å². The summed E-state index contributed by atoms with van der Waals surface area (Å²) in [6, 6.07) is 10.7. The van der Waals surface area contributed by atoms with Crippen molar-refractivity contribution in [2.45, 2.75) is 13.3 Å². The van der Waals surface area contributed by atoms with Gasteiger partial charge in [0.05, 0.1) is 0 Å². The second kappa shape index (κ2) is 4.28. The van der Waals surface area contributed by atoms with Crippen molar-refractivity contribution < 1.29 is 0 Å². The molecule has 0 N–H and O–H groups in total. The summed E-state index contributed by atoms with van der Waals surface area (Å²) < 4.78 is 1.16. The molecule has 1 aromatic heterocycles. The van der Waals surface area contributed by atoms with E-state index >= 15 is 0 Å². The van der Waals surface area contributed by atoms with Crippen LogP contribution in [0.3, 0.4) is 0 Å². The van der Waals surface area contributed by atoms with Gasteiger partial charge in [0.2, 0.25) is 0 Å². The van der Waals surface area contributed by atoms with E-state index in [1.54, 1.807) is 0 Å². The van der Waals surface area contributed by atoms with Gasteiger partial charge in [0, 0.05) is 15.8 Å². The first kappa shape index (κ1) is 9.94. The Labute approximate surface area is 96.7 Å². The maximum absolute atomic E-state index is 3.50. The summed E-state index contributed by atoms with van der Waals surface area (Å²) in [7, 11) is 0. The predicted octanol–water partition coefficient (Wildman–Crippen LogP) is 4.41. The Bertz CT molecular complexity index is 418. The molecule has 0 unspecified atom stereocenters. The quantitative estimate of drug-likeness (QED) is 0.756. The SMILES string of the molecule is Cc1ccc(Br)cc1Cc1cccs1. The van der Waals surface area contributed by atoms with Crippen LogP contribution in [0.1, 0.15) is 16.0 Å². The molecule has 0 fully saturated rings. The summed E-state index contributed by atoms with van der Waals surface area (Å²) in [6.45, 7) is 2.16. The molecule has 2 heteroatoms. The van der Waals surface area contributed by atoms with Crippen molar-refractivity contribution in [3.05, 3.63) is 56.2 Å². The zero-order valence-corrected chi connectivity index (χ0v) is 10.4. The zero-order chi connectivity index (χ0) is 9.97. The zero-order valence-electron chi connectivity index (χ0n) is 7.96. The molecule has 0 nitrogen and oxygen atoms in total. The maximum Gasteiger partial charge on any atom is 0.0178 e. The monoisotopic (exact) mass is 266 g/mol. The number of hydrogen-bond donors (Lipinski definition) is 0. The second-order valence-electron chi connectivity index (χ2n) is 3.33. The lowest BCUT2D eigenvalue weighted by atomic mass is 10.1. The van der Waals surface area contributed by atoms with E-state index in [1.807, 2.05) is 11.3 Å². The first-order valence-electron chi connectivity index (χ1n) is 4.53. The van der Waals surface area contributed by atoms with Crippen LogP contribution in [0.25, 0.3) is 0 Å². The average Bonchev–Trinajstić information content (AvgIpc) is 2.64. The molecule has 2 aromatic rings. The molecule has 0 bridgehead atoms. The van der Waals surface area contributed by atoms with Gasteiger partial charge in [-0.3, -0.25) is 0 Å². The lowest BCUT2D eigenvalue weighted by Gasteiger charge is -2.04. The normalized spacial score (nSPS) is 10.4. The molecule has 2 rings (SSSR count). The number of benzene rings is 1. The minimum atomic E-state index is 1.04. The Morgan fingerprint density at radius 2 is 2.14 bits per heavy atom. The second-order valence-corrected chi connectivity index (χ2v) is 5.27. The highest BCUT2D eigenvalue weighted by Gasteiger charge is 2.01. The van der Waals surface area contributed by atoms with Crippen LogP contribution in [0.2, 0.25) is 0 Å². The van der Waals surface area contributed by atoms with E-state index in [4.69, 9.17) is 0 Å². The summed E-state index contributed by atoms with van der Waals surface area (Å²) in [5, 5.41) is 2.13. The molecule has 0 saturated carbocycles. The van der Waals surface area contributed by atoms with Crippen molar-refractivity contribution in [3.8, 4) is 0 Å². The van der Waals surface area contributed by atoms with Crippen LogP contribution >= 0.6 is 27.3 Å². The van der Waals surface area contributed by atoms with Crippen LogP contribution in [0.5, 0.6) is 0 Å². The van der Waals surface area contributed by atoms with Crippen molar-refractivity contribution >= 4 is 27.3 Å². The highest BCUT2D eigenvalue weighted by atomic mass is 79.9. The standard InChI is InChI=1S/C12H11BrS/c1-9-4-5-11(13)7-10(9)8-12-3-2-6-14-12/h2-7H,8H2,1H3. The van der Waals surface area contributed by atoms with Gasteiger partial charge in [-0.1, -0.05) is 28.1 Å². The van der Waals surface area contributed by atoms with Gasteiger partial charge < -0.3 is 0 Å². The number of hydrogen-bond acceptors (Lipinski definition) is 1. The van der Waals surface area contributed by atoms with E-state index in [9.17, 15) is 0 Å². The van der Waals surface area contributed by atoms with E-state index < -0.39 is 0 Å². The van der Waals surface area contributed by atoms with Crippen LogP contribution in [-0.4, -0.2) is 0 Å². The topological polar surface area (TPSA) is 0 Å². The molecule has 0 aliphatic heterocycles. The Kier molecular flexibility index (Phi) is 3.04. The van der Waals surface area contributed by atoms with Crippen molar-refractivity contribution in [1.29, 1.82) is 0 Å². The molecular weight excluding hydrogens is 256 g/mol. The lowest BCUT2D eigenvalue weighted by Crippen LogP contribution is -1.89. The Morgan fingerprint density at radius 3 is 2.86 bits per heavy atom. The summed E-state index contributed by atoms with van der Waals surface area (Å²) in [4.78, 5) is 1.42. The van der Waals surface area contributed by atoms with E-state index in [0.29, 0.717) is 0 Å². The summed E-state index contributed by atoms with van der Waals surface area (Å²) >= 11 is 5.32. The van der Waals surface area contributed by atoms with Gasteiger partial charge in [-0.2, -0.15) is 0 Å². The van der Waals surface area contributed by atoms with Crippen LogP contribution < -0.4 is 0 Å². The van der Waals surface area contributed by atoms with E-state index in [1.165, 1.54) is 16.0 Å². The molecule has 72 valence electrons. The Balaban J connectivity index is 2.28. The molecule has 0 saturated heterocycles. The maximum atomic E-state index is 3.50. The molecular formula is C12H11BrS. The summed E-state index contributed by atoms with van der Waals surface area (Å²) in [6.07, 6.45) is 1.04. The van der Waals surface area contributed by atoms with Crippen LogP contribution in [0.4, 0.5) is 0 Å². The fraction of sp³-hybridized carbons (Fsp3) is 0.167. The van der Waals surface area contributed by atoms with Crippen LogP contribution in [0.15, 0.2) is 40.2 Å². The molecule has 1 heterocycles. The molecule has 1 aromatic carbocycles. The number of halogens is 1. The highest BCUT2D eigenvalue weighted by Crippen LogP contribution is 2.21. The van der Waals surface area contributed by atoms with Gasteiger partial charge in [-0.05, 0) is 41.6 Å². The fourth-order valence-electron chi connectivity index (χ4n) is 1.43. The van der Waals surface area contributed by atoms with Gasteiger partial charge in [0.25, 0.3) is 0 Å². The van der Waals surface area contributed by atoms with Crippen molar-refractivity contribution in [1.82, 2.24) is 0 Å². The predicted molar refractivity (Wildman–Crippen MR) is 66.0 cm³/mol. The largest absolute Gasteiger partial charge is 0.149 e. The van der Waals surface area contributed by atoms with Crippen molar-refractivity contribution in [2.24, 2.45) is 0 Å². The van der Waals surface area contributed by atoms with Crippen molar-refractivity contribution in [3.63, 3.8) is 0 Å². The Hall–Kier alpha value is -0.600. The minimum Gasteiger partial charge on any atom is -0.149 e. The smallest absolute Gasteiger partial charge is 0.0178 e. The number of aryl methyl sites for hydroxylation is 1. The van der Waals surface area contributed by atoms with Crippen LogP contribution in [0, 0.1) is 6.92 Å². The van der Waals surface area contributed by atoms with Gasteiger partial charge in [-0.25, -0.2) is 0 Å². The molecule has 0 atom stereocenters. The minimum absolute atomic E-state index is 1.04. The number of rotatable bonds is 2. The van der Waals surface area contributed by atoms with Crippen molar-refractivity contribution in [2.75, 3.05) is 0 Å². The summed E-state index contributed by atoms with van der Waals surface area (Å²) in [5.74, 6) is 0. The Morgan fingerprint density at radius 1 is 1.29 bits per heavy atom. The molecule has 14 heavy (non-hydrogen) atoms. The molecule has 0 amide bonds. The van der Waals surface area contributed by atoms with Crippen LogP contribution in [-0.2, 0) is 6.42 Å². The lowest BCUT2D eigenvalue weighted by molar-refractivity contribution is 1.19. The fourth-order valence-corrected chi connectivity index (χ4v) is 2.57. The third kappa shape index (κ3) is 2.25. The highest BCUT2D eigenvalue weighted by molar-refractivity contribution is 9.10. The molecule has 0 aliphatic rings. The van der Waals surface area contributed by atoms with Gasteiger partial charge in [0.1, 0.15) is 0 Å². The third-order valence-electron chi connectivity index (χ3n) is 2.26. The average molecular weight is 267 g/mol. The molecule has 0 spiro atoms. The molecule has 0 radical (unpaired) electrons. The molecule has 0 aliphatic carbocycles. The van der Waals surface area contributed by atoms with Gasteiger partial charge in [-0.15, -0.1) is 11.3 Å².